The molecule has 1 N–H and O–H groups in total. The van der Waals surface area contributed by atoms with Crippen LogP contribution in [0.3, 0.4) is 0 Å². The van der Waals surface area contributed by atoms with E-state index in [4.69, 9.17) is 0 Å². The molecule has 0 spiro atoms. The minimum atomic E-state index is -1.03. The number of carbonyl (C=O) groups is 1. The van der Waals surface area contributed by atoms with Crippen LogP contribution in [0.1, 0.15) is 28.2 Å². The van der Waals surface area contributed by atoms with E-state index in [9.17, 15) is 14.7 Å². The third kappa shape index (κ3) is 2.52. The Hall–Kier alpha value is -3.73. The van der Waals surface area contributed by atoms with Gasteiger partial charge in [-0.2, -0.15) is 0 Å². The predicted octanol–water partition coefficient (Wildman–Crippen LogP) is 4.19. The van der Waals surface area contributed by atoms with E-state index in [1.807, 2.05) is 18.2 Å². The van der Waals surface area contributed by atoms with Crippen molar-refractivity contribution in [1.29, 1.82) is 0 Å². The van der Waals surface area contributed by atoms with Gasteiger partial charge in [0.25, 0.3) is 5.56 Å². The number of aromatic nitrogens is 2. The Labute approximate surface area is 160 Å². The van der Waals surface area contributed by atoms with Gasteiger partial charge in [0.05, 0.1) is 16.5 Å². The zero-order valence-corrected chi connectivity index (χ0v) is 14.9. The highest BCUT2D eigenvalue weighted by Gasteiger charge is 2.21. The van der Waals surface area contributed by atoms with E-state index < -0.39 is 5.97 Å². The summed E-state index contributed by atoms with van der Waals surface area (Å²) in [7, 11) is 0. The van der Waals surface area contributed by atoms with Gasteiger partial charge in [-0.3, -0.25) is 9.36 Å². The quantitative estimate of drug-likeness (QED) is 0.576. The van der Waals surface area contributed by atoms with Gasteiger partial charge in [-0.15, -0.1) is 0 Å². The van der Waals surface area contributed by atoms with E-state index in [0.29, 0.717) is 29.7 Å². The van der Waals surface area contributed by atoms with Crippen molar-refractivity contribution in [3.8, 4) is 0 Å². The average Bonchev–Trinajstić information content (AvgIpc) is 3.11. The van der Waals surface area contributed by atoms with Crippen LogP contribution in [0.15, 0.2) is 65.5 Å². The Morgan fingerprint density at radius 3 is 2.71 bits per heavy atom. The normalized spacial score (nSPS) is 14.6. The van der Waals surface area contributed by atoms with Crippen molar-refractivity contribution in [3.63, 3.8) is 0 Å². The summed E-state index contributed by atoms with van der Waals surface area (Å²) in [6.07, 6.45) is 2.80. The summed E-state index contributed by atoms with van der Waals surface area (Å²) in [5.74, 6) is -0.413. The molecule has 3 aromatic carbocycles. The van der Waals surface area contributed by atoms with Crippen molar-refractivity contribution < 1.29 is 9.90 Å². The van der Waals surface area contributed by atoms with Crippen LogP contribution in [0.2, 0.25) is 0 Å². The first-order valence-electron chi connectivity index (χ1n) is 9.08. The molecule has 1 aliphatic heterocycles. The summed E-state index contributed by atoms with van der Waals surface area (Å²) in [5, 5.41) is 12.0. The first-order chi connectivity index (χ1) is 13.6. The highest BCUT2D eigenvalue weighted by molar-refractivity contribution is 5.96. The van der Waals surface area contributed by atoms with E-state index in [1.165, 1.54) is 12.1 Å². The van der Waals surface area contributed by atoms with Crippen molar-refractivity contribution in [2.45, 2.75) is 13.0 Å². The van der Waals surface area contributed by atoms with Crippen molar-refractivity contribution >= 4 is 39.3 Å². The van der Waals surface area contributed by atoms with Gasteiger partial charge in [0.2, 0.25) is 0 Å². The number of fused-ring (bicyclic) bond motifs is 3. The van der Waals surface area contributed by atoms with Crippen LogP contribution < -0.4 is 5.56 Å². The molecule has 5 nitrogen and oxygen atoms in total. The second-order valence-corrected chi connectivity index (χ2v) is 6.92. The topological polar surface area (TPSA) is 72.2 Å². The Bertz CT molecular complexity index is 1360. The summed E-state index contributed by atoms with van der Waals surface area (Å²) < 4.78 is 1.68. The number of aromatic carboxylic acids is 1. The fraction of sp³-hybridized carbons (Fsp3) is 0.0870. The second-order valence-electron chi connectivity index (χ2n) is 6.92. The smallest absolute Gasteiger partial charge is 0.335 e. The zero-order valence-electron chi connectivity index (χ0n) is 14.9. The lowest BCUT2D eigenvalue weighted by Gasteiger charge is -2.07. The summed E-state index contributed by atoms with van der Waals surface area (Å²) in [6.45, 7) is 0.578. The van der Waals surface area contributed by atoms with Gasteiger partial charge >= 0.3 is 5.97 Å². The minimum Gasteiger partial charge on any atom is -0.478 e. The number of rotatable bonds is 2. The van der Waals surface area contributed by atoms with Crippen molar-refractivity contribution in [3.05, 3.63) is 88.0 Å². The molecule has 1 aliphatic rings. The van der Waals surface area contributed by atoms with Crippen molar-refractivity contribution in [2.24, 2.45) is 0 Å². The Morgan fingerprint density at radius 2 is 1.86 bits per heavy atom. The molecular weight excluding hydrogens is 352 g/mol. The lowest BCUT2D eigenvalue weighted by molar-refractivity contribution is 0.0697. The van der Waals surface area contributed by atoms with Gasteiger partial charge in [0.1, 0.15) is 5.82 Å². The highest BCUT2D eigenvalue weighted by atomic mass is 16.4. The number of hydrogen-bond donors (Lipinski definition) is 1. The zero-order chi connectivity index (χ0) is 19.3. The SMILES string of the molecule is O=C(O)c1ccc2c(=O)n3c(nc2c1)/C(=C/c1cccc2ccccc12)CC3. The number of hydrogen-bond acceptors (Lipinski definition) is 3. The van der Waals surface area contributed by atoms with Crippen molar-refractivity contribution in [1.82, 2.24) is 9.55 Å². The standard InChI is InChI=1S/C23H16N2O3/c26-22-19-9-8-17(23(27)28)13-20(19)24-21-16(10-11-25(21)22)12-15-6-3-5-14-4-1-2-7-18(14)15/h1-9,12-13H,10-11H2,(H,27,28)/b16-12+. The molecule has 2 heterocycles. The molecule has 0 atom stereocenters. The molecule has 0 fully saturated rings. The molecule has 4 aromatic rings. The van der Waals surface area contributed by atoms with Crippen LogP contribution in [0.25, 0.3) is 33.3 Å². The first-order valence-corrected chi connectivity index (χ1v) is 9.08. The fourth-order valence-corrected chi connectivity index (χ4v) is 3.85. The van der Waals surface area contributed by atoms with E-state index in [-0.39, 0.29) is 11.1 Å². The molecule has 0 aliphatic carbocycles. The molecule has 0 amide bonds. The molecule has 1 aromatic heterocycles. The van der Waals surface area contributed by atoms with Gasteiger partial charge in [-0.25, -0.2) is 9.78 Å². The summed E-state index contributed by atoms with van der Waals surface area (Å²) in [6, 6.07) is 18.8. The predicted molar refractivity (Wildman–Crippen MR) is 109 cm³/mol. The third-order valence-electron chi connectivity index (χ3n) is 5.25. The van der Waals surface area contributed by atoms with E-state index in [1.54, 1.807) is 10.6 Å². The van der Waals surface area contributed by atoms with Gasteiger partial charge in [-0.1, -0.05) is 42.5 Å². The second kappa shape index (κ2) is 6.16. The molecule has 0 radical (unpaired) electrons. The Balaban J connectivity index is 1.72. The fourth-order valence-electron chi connectivity index (χ4n) is 3.85. The maximum atomic E-state index is 12.9. The monoisotopic (exact) mass is 368 g/mol. The molecule has 0 unspecified atom stereocenters. The number of carboxylic acid groups (broad SMARTS) is 1. The number of benzene rings is 3. The number of nitrogens with zero attached hydrogens (tertiary/aromatic N) is 2. The summed E-state index contributed by atoms with van der Waals surface area (Å²) in [5.41, 5.74) is 2.48. The summed E-state index contributed by atoms with van der Waals surface area (Å²) in [4.78, 5) is 28.8. The molecule has 136 valence electrons. The Morgan fingerprint density at radius 1 is 1.04 bits per heavy atom. The first kappa shape index (κ1) is 16.4. The summed E-state index contributed by atoms with van der Waals surface area (Å²) >= 11 is 0. The lowest BCUT2D eigenvalue weighted by atomic mass is 10.0. The van der Waals surface area contributed by atoms with Crippen LogP contribution >= 0.6 is 0 Å². The van der Waals surface area contributed by atoms with E-state index >= 15 is 0 Å². The van der Waals surface area contributed by atoms with Gasteiger partial charge < -0.3 is 5.11 Å². The van der Waals surface area contributed by atoms with Crippen LogP contribution in [0.5, 0.6) is 0 Å². The van der Waals surface area contributed by atoms with Crippen LogP contribution in [0, 0.1) is 0 Å². The lowest BCUT2D eigenvalue weighted by Crippen LogP contribution is -2.21. The molecule has 5 heteroatoms. The number of allylic oxidation sites excluding steroid dienone is 1. The minimum absolute atomic E-state index is 0.127. The van der Waals surface area contributed by atoms with E-state index in [0.717, 1.165) is 21.9 Å². The number of carboxylic acids is 1. The maximum Gasteiger partial charge on any atom is 0.335 e. The van der Waals surface area contributed by atoms with Crippen molar-refractivity contribution in [2.75, 3.05) is 0 Å². The third-order valence-corrected chi connectivity index (χ3v) is 5.25. The van der Waals surface area contributed by atoms with Gasteiger partial charge in [0, 0.05) is 6.54 Å². The Kier molecular flexibility index (Phi) is 3.62. The molecule has 0 saturated heterocycles. The van der Waals surface area contributed by atoms with Crippen LogP contribution in [-0.4, -0.2) is 20.6 Å². The molecule has 5 rings (SSSR count). The van der Waals surface area contributed by atoms with Gasteiger partial charge in [-0.05, 0) is 52.6 Å². The molecule has 28 heavy (non-hydrogen) atoms. The molecule has 0 saturated carbocycles. The van der Waals surface area contributed by atoms with Crippen LogP contribution in [0.4, 0.5) is 0 Å². The van der Waals surface area contributed by atoms with E-state index in [2.05, 4.69) is 35.3 Å². The highest BCUT2D eigenvalue weighted by Crippen LogP contribution is 2.30. The van der Waals surface area contributed by atoms with Gasteiger partial charge in [0.15, 0.2) is 0 Å². The maximum absolute atomic E-state index is 12.9. The van der Waals surface area contributed by atoms with Crippen LogP contribution in [-0.2, 0) is 6.54 Å². The molecular formula is C23H16N2O3. The average molecular weight is 368 g/mol. The largest absolute Gasteiger partial charge is 0.478 e. The molecule has 0 bridgehead atoms.